The number of rotatable bonds is 5. The summed E-state index contributed by atoms with van der Waals surface area (Å²) in [6.07, 6.45) is -1.92. The number of hydrogen-bond acceptors (Lipinski definition) is 9. The Bertz CT molecular complexity index is 696. The molecule has 0 radical (unpaired) electrons. The average Bonchev–Trinajstić information content (AvgIpc) is 2.65. The lowest BCUT2D eigenvalue weighted by atomic mass is 9.86. The highest BCUT2D eigenvalue weighted by Crippen LogP contribution is 2.39. The Hall–Kier alpha value is -1.66. The number of amides is 2. The minimum atomic E-state index is -4.83. The number of phosphoric ester groups is 1. The van der Waals surface area contributed by atoms with Gasteiger partial charge >= 0.3 is 19.8 Å². The van der Waals surface area contributed by atoms with E-state index in [9.17, 15) is 23.7 Å². The van der Waals surface area contributed by atoms with Crippen LogP contribution in [0.2, 0.25) is 0 Å². The van der Waals surface area contributed by atoms with Crippen LogP contribution in [0.5, 0.6) is 0 Å². The summed E-state index contributed by atoms with van der Waals surface area (Å²) in [6.45, 7) is 2.46. The molecule has 0 saturated carbocycles. The summed E-state index contributed by atoms with van der Waals surface area (Å²) < 4.78 is 25.5. The molecule has 2 amide bonds. The smallest absolute Gasteiger partial charge is 0.468 e. The van der Waals surface area contributed by atoms with Crippen molar-refractivity contribution in [3.05, 3.63) is 0 Å². The molecule has 4 N–H and O–H groups in total. The van der Waals surface area contributed by atoms with Gasteiger partial charge in [-0.25, -0.2) is 4.57 Å². The minimum Gasteiger partial charge on any atom is -0.468 e. The zero-order valence-electron chi connectivity index (χ0n) is 16.9. The number of methoxy groups -OCH3 is 1. The molecule has 0 spiro atoms. The van der Waals surface area contributed by atoms with Gasteiger partial charge in [-0.3, -0.25) is 23.7 Å². The number of carbonyl (C=O) groups excluding carboxylic acids is 4. The van der Waals surface area contributed by atoms with Crippen molar-refractivity contribution in [2.45, 2.75) is 38.0 Å². The van der Waals surface area contributed by atoms with Crippen molar-refractivity contribution in [2.75, 3.05) is 32.6 Å². The molecule has 172 valence electrons. The summed E-state index contributed by atoms with van der Waals surface area (Å²) in [5.41, 5.74) is -1.34. The number of nitrogens with one attached hydrogen (secondary N) is 2. The third-order valence-electron chi connectivity index (χ3n) is 4.01. The van der Waals surface area contributed by atoms with Gasteiger partial charge in [0, 0.05) is 30.7 Å². The van der Waals surface area contributed by atoms with E-state index in [4.69, 9.17) is 14.5 Å². The van der Waals surface area contributed by atoms with Gasteiger partial charge in [0.2, 0.25) is 5.91 Å². The minimum absolute atomic E-state index is 0.0308. The first kappa shape index (κ1) is 26.4. The highest BCUT2D eigenvalue weighted by atomic mass is 32.2. The molecule has 1 saturated heterocycles. The topological polar surface area (TPSA) is 178 Å². The standard InChI is InChI=1S/C16H27N2O10PS/c1-16(2,9-27-29(23,24)25)13-14(21)18-5-4-11(19)17-6-7-30-10(15(22)26-3)8-12(20)28-13/h10,13H,4-9H2,1-3H3,(H,17,19)(H,18,21)(H2,23,24,25)/t10?,13-/m0/s1. The summed E-state index contributed by atoms with van der Waals surface area (Å²) in [5.74, 6) is -2.28. The molecule has 1 fully saturated rings. The quantitative estimate of drug-likeness (QED) is 0.296. The van der Waals surface area contributed by atoms with Gasteiger partial charge in [0.15, 0.2) is 6.10 Å². The zero-order chi connectivity index (χ0) is 22.9. The Kier molecular flexibility index (Phi) is 10.2. The second-order valence-electron chi connectivity index (χ2n) is 7.10. The van der Waals surface area contributed by atoms with Crippen LogP contribution < -0.4 is 10.6 Å². The van der Waals surface area contributed by atoms with Gasteiger partial charge in [0.05, 0.1) is 20.1 Å². The van der Waals surface area contributed by atoms with Crippen molar-refractivity contribution in [2.24, 2.45) is 5.41 Å². The van der Waals surface area contributed by atoms with Crippen molar-refractivity contribution in [1.82, 2.24) is 10.6 Å². The monoisotopic (exact) mass is 470 g/mol. The first-order valence-electron chi connectivity index (χ1n) is 8.99. The molecule has 1 heterocycles. The van der Waals surface area contributed by atoms with E-state index in [0.717, 1.165) is 11.8 Å². The highest BCUT2D eigenvalue weighted by molar-refractivity contribution is 8.00. The van der Waals surface area contributed by atoms with E-state index < -0.39 is 55.5 Å². The first-order chi connectivity index (χ1) is 13.9. The van der Waals surface area contributed by atoms with Crippen molar-refractivity contribution in [3.8, 4) is 0 Å². The average molecular weight is 470 g/mol. The van der Waals surface area contributed by atoms with Crippen LogP contribution >= 0.6 is 19.6 Å². The normalized spacial score (nSPS) is 22.9. The van der Waals surface area contributed by atoms with Gasteiger partial charge in [0.25, 0.3) is 5.91 Å². The summed E-state index contributed by atoms with van der Waals surface area (Å²) >= 11 is 1.09. The van der Waals surface area contributed by atoms with Gasteiger partial charge in [0.1, 0.15) is 5.25 Å². The highest BCUT2D eigenvalue weighted by Gasteiger charge is 2.41. The van der Waals surface area contributed by atoms with E-state index in [2.05, 4.69) is 19.9 Å². The van der Waals surface area contributed by atoms with Crippen LogP contribution in [-0.4, -0.2) is 77.5 Å². The maximum Gasteiger partial charge on any atom is 0.469 e. The van der Waals surface area contributed by atoms with Gasteiger partial charge < -0.3 is 29.9 Å². The molecule has 1 aliphatic rings. The summed E-state index contributed by atoms with van der Waals surface area (Å²) in [7, 11) is -3.66. The molecule has 1 unspecified atom stereocenters. The summed E-state index contributed by atoms with van der Waals surface area (Å²) in [4.78, 5) is 66.7. The fourth-order valence-electron chi connectivity index (χ4n) is 2.44. The SMILES string of the molecule is COC(=O)C1CC(=O)O[C@H](C(C)(C)COP(=O)(O)O)C(=O)NCCC(=O)NCCS1. The third kappa shape index (κ3) is 9.43. The fraction of sp³-hybridized carbons (Fsp3) is 0.750. The van der Waals surface area contributed by atoms with Crippen molar-refractivity contribution in [1.29, 1.82) is 0 Å². The van der Waals surface area contributed by atoms with Gasteiger partial charge in [-0.1, -0.05) is 13.8 Å². The third-order valence-corrected chi connectivity index (χ3v) is 5.68. The molecule has 14 heteroatoms. The largest absolute Gasteiger partial charge is 0.469 e. The van der Waals surface area contributed by atoms with Gasteiger partial charge in [-0.15, -0.1) is 11.8 Å². The van der Waals surface area contributed by atoms with Crippen molar-refractivity contribution >= 4 is 43.3 Å². The molecule has 0 aromatic rings. The predicted octanol–water partition coefficient (Wildman–Crippen LogP) is -0.665. The van der Waals surface area contributed by atoms with Crippen LogP contribution in [-0.2, 0) is 37.7 Å². The number of cyclic esters (lactones) is 1. The lowest BCUT2D eigenvalue weighted by Gasteiger charge is -2.32. The van der Waals surface area contributed by atoms with Crippen LogP contribution in [0.3, 0.4) is 0 Å². The lowest BCUT2D eigenvalue weighted by Crippen LogP contribution is -2.49. The summed E-state index contributed by atoms with van der Waals surface area (Å²) in [5, 5.41) is 4.18. The van der Waals surface area contributed by atoms with Crippen LogP contribution in [0.15, 0.2) is 0 Å². The van der Waals surface area contributed by atoms with Crippen molar-refractivity contribution < 1.29 is 47.5 Å². The number of thioether (sulfide) groups is 1. The molecule has 0 aromatic heterocycles. The molecule has 1 aliphatic heterocycles. The fourth-order valence-corrected chi connectivity index (χ4v) is 3.93. The van der Waals surface area contributed by atoms with E-state index in [1.807, 2.05) is 0 Å². The predicted molar refractivity (Wildman–Crippen MR) is 105 cm³/mol. The van der Waals surface area contributed by atoms with E-state index in [-0.39, 0.29) is 25.4 Å². The molecule has 30 heavy (non-hydrogen) atoms. The number of ether oxygens (including phenoxy) is 2. The molecular weight excluding hydrogens is 443 g/mol. The Morgan fingerprint density at radius 2 is 1.93 bits per heavy atom. The van der Waals surface area contributed by atoms with Crippen molar-refractivity contribution in [3.63, 3.8) is 0 Å². The molecule has 12 nitrogen and oxygen atoms in total. The van der Waals surface area contributed by atoms with E-state index in [1.165, 1.54) is 21.0 Å². The first-order valence-corrected chi connectivity index (χ1v) is 11.6. The zero-order valence-corrected chi connectivity index (χ0v) is 18.6. The molecule has 0 bridgehead atoms. The summed E-state index contributed by atoms with van der Waals surface area (Å²) in [6, 6.07) is 0. The Balaban J connectivity index is 3.07. The molecule has 0 aliphatic carbocycles. The van der Waals surface area contributed by atoms with Crippen LogP contribution in [0.25, 0.3) is 0 Å². The van der Waals surface area contributed by atoms with Crippen LogP contribution in [0.1, 0.15) is 26.7 Å². The number of phosphoric acid groups is 1. The van der Waals surface area contributed by atoms with Crippen LogP contribution in [0, 0.1) is 5.41 Å². The molecule has 2 atom stereocenters. The Labute approximate surface area is 178 Å². The van der Waals surface area contributed by atoms with Gasteiger partial charge in [-0.05, 0) is 0 Å². The Morgan fingerprint density at radius 1 is 1.27 bits per heavy atom. The maximum absolute atomic E-state index is 12.6. The molecule has 0 aromatic carbocycles. The molecule has 1 rings (SSSR count). The second kappa shape index (κ2) is 11.7. The second-order valence-corrected chi connectivity index (χ2v) is 9.65. The van der Waals surface area contributed by atoms with E-state index >= 15 is 0 Å². The maximum atomic E-state index is 12.6. The Morgan fingerprint density at radius 3 is 2.53 bits per heavy atom. The number of carbonyl (C=O) groups is 4. The van der Waals surface area contributed by atoms with Crippen LogP contribution in [0.4, 0.5) is 0 Å². The van der Waals surface area contributed by atoms with Gasteiger partial charge in [-0.2, -0.15) is 0 Å². The van der Waals surface area contributed by atoms with E-state index in [1.54, 1.807) is 0 Å². The van der Waals surface area contributed by atoms with E-state index in [0.29, 0.717) is 5.75 Å². The lowest BCUT2D eigenvalue weighted by molar-refractivity contribution is -0.165. The number of hydrogen-bond donors (Lipinski definition) is 4. The number of esters is 2. The molecular formula is C16H27N2O10PS.